The van der Waals surface area contributed by atoms with Gasteiger partial charge in [0.2, 0.25) is 15.9 Å². The Hall–Kier alpha value is -2.04. The molecule has 1 unspecified atom stereocenters. The number of carbonyl (C=O) groups is 2. The minimum absolute atomic E-state index is 0.104. The van der Waals surface area contributed by atoms with Gasteiger partial charge in [-0.05, 0) is 18.6 Å². The van der Waals surface area contributed by atoms with Gasteiger partial charge in [-0.1, -0.05) is 6.07 Å². The summed E-state index contributed by atoms with van der Waals surface area (Å²) in [5.41, 5.74) is 1.67. The number of nitrogens with zero attached hydrogens (tertiary/aromatic N) is 3. The molecular formula is C16H23N3O6S. The predicted octanol–water partition coefficient (Wildman–Crippen LogP) is -0.494. The average Bonchev–Trinajstić information content (AvgIpc) is 2.55. The maximum Gasteiger partial charge on any atom is 0.318 e. The van der Waals surface area contributed by atoms with E-state index in [1.54, 1.807) is 11.1 Å². The van der Waals surface area contributed by atoms with Crippen LogP contribution in [0, 0.1) is 6.92 Å². The lowest BCUT2D eigenvalue weighted by molar-refractivity contribution is -0.140. The van der Waals surface area contributed by atoms with Crippen LogP contribution >= 0.6 is 0 Å². The van der Waals surface area contributed by atoms with Gasteiger partial charge in [-0.25, -0.2) is 8.42 Å². The second kappa shape index (κ2) is 8.56. The van der Waals surface area contributed by atoms with Gasteiger partial charge < -0.3 is 14.7 Å². The van der Waals surface area contributed by atoms with E-state index in [-0.39, 0.29) is 32.0 Å². The highest BCUT2D eigenvalue weighted by molar-refractivity contribution is 7.88. The molecule has 0 aliphatic carbocycles. The van der Waals surface area contributed by atoms with E-state index in [9.17, 15) is 18.0 Å². The van der Waals surface area contributed by atoms with Crippen molar-refractivity contribution in [1.82, 2.24) is 14.2 Å². The van der Waals surface area contributed by atoms with Gasteiger partial charge in [-0.3, -0.25) is 14.6 Å². The van der Waals surface area contributed by atoms with Crippen LogP contribution in [0.2, 0.25) is 0 Å². The van der Waals surface area contributed by atoms with Gasteiger partial charge in [0, 0.05) is 31.5 Å². The lowest BCUT2D eigenvalue weighted by Crippen LogP contribution is -2.51. The van der Waals surface area contributed by atoms with Crippen molar-refractivity contribution in [2.45, 2.75) is 19.4 Å². The molecule has 1 aromatic heterocycles. The van der Waals surface area contributed by atoms with Gasteiger partial charge in [0.1, 0.15) is 6.54 Å². The SMILES string of the molecule is Cc1ccc(CC(=O)N2CCOC(CN(CC(=O)O)S(C)(=O)=O)C2)cn1. The Kier molecular flexibility index (Phi) is 6.68. The van der Waals surface area contributed by atoms with E-state index in [0.29, 0.717) is 6.54 Å². The Labute approximate surface area is 152 Å². The maximum absolute atomic E-state index is 12.5. The number of aliphatic carboxylic acids is 1. The van der Waals surface area contributed by atoms with Crippen molar-refractivity contribution in [2.75, 3.05) is 39.0 Å². The van der Waals surface area contributed by atoms with Crippen LogP contribution in [0.5, 0.6) is 0 Å². The van der Waals surface area contributed by atoms with Gasteiger partial charge in [-0.15, -0.1) is 0 Å². The molecule has 0 bridgehead atoms. The highest BCUT2D eigenvalue weighted by Gasteiger charge is 2.29. The standard InChI is InChI=1S/C16H23N3O6S/c1-12-3-4-13(8-17-12)7-15(20)18-5-6-25-14(9-18)10-19(11-16(21)22)26(2,23)24/h3-4,8,14H,5-7,9-11H2,1-2H3,(H,21,22). The Balaban J connectivity index is 1.97. The summed E-state index contributed by atoms with van der Waals surface area (Å²) in [7, 11) is -3.69. The molecule has 26 heavy (non-hydrogen) atoms. The van der Waals surface area contributed by atoms with Gasteiger partial charge in [0.15, 0.2) is 0 Å². The topological polar surface area (TPSA) is 117 Å². The molecule has 10 heteroatoms. The van der Waals surface area contributed by atoms with Crippen molar-refractivity contribution in [1.29, 1.82) is 0 Å². The predicted molar refractivity (Wildman–Crippen MR) is 93.1 cm³/mol. The molecule has 1 fully saturated rings. The van der Waals surface area contributed by atoms with Crippen LogP contribution in [-0.4, -0.2) is 84.7 Å². The van der Waals surface area contributed by atoms with Crippen LogP contribution in [0.1, 0.15) is 11.3 Å². The van der Waals surface area contributed by atoms with Crippen LogP contribution in [-0.2, 0) is 30.8 Å². The molecule has 1 saturated heterocycles. The van der Waals surface area contributed by atoms with Gasteiger partial charge in [0.25, 0.3) is 0 Å². The highest BCUT2D eigenvalue weighted by atomic mass is 32.2. The molecule has 1 amide bonds. The third-order valence-corrected chi connectivity index (χ3v) is 5.22. The molecule has 0 aromatic carbocycles. The Morgan fingerprint density at radius 1 is 1.42 bits per heavy atom. The first-order chi connectivity index (χ1) is 12.1. The Bertz CT molecular complexity index is 750. The number of carboxylic acids is 1. The summed E-state index contributed by atoms with van der Waals surface area (Å²) in [5, 5.41) is 8.88. The second-order valence-electron chi connectivity index (χ2n) is 6.27. The van der Waals surface area contributed by atoms with E-state index in [1.807, 2.05) is 19.1 Å². The van der Waals surface area contributed by atoms with Crippen molar-refractivity contribution in [3.05, 3.63) is 29.6 Å². The zero-order chi connectivity index (χ0) is 19.3. The third-order valence-electron chi connectivity index (χ3n) is 4.01. The minimum atomic E-state index is -3.69. The van der Waals surface area contributed by atoms with Crippen molar-refractivity contribution in [2.24, 2.45) is 0 Å². The quantitative estimate of drug-likeness (QED) is 0.673. The molecular weight excluding hydrogens is 362 g/mol. The number of aryl methyl sites for hydroxylation is 1. The van der Waals surface area contributed by atoms with Crippen molar-refractivity contribution in [3.8, 4) is 0 Å². The number of amides is 1. The molecule has 1 aromatic rings. The van der Waals surface area contributed by atoms with Crippen LogP contribution in [0.3, 0.4) is 0 Å². The lowest BCUT2D eigenvalue weighted by Gasteiger charge is -2.35. The average molecular weight is 385 g/mol. The summed E-state index contributed by atoms with van der Waals surface area (Å²) in [4.78, 5) is 29.1. The van der Waals surface area contributed by atoms with Crippen LogP contribution in [0.25, 0.3) is 0 Å². The number of hydrogen-bond acceptors (Lipinski definition) is 6. The lowest BCUT2D eigenvalue weighted by atomic mass is 10.1. The number of hydrogen-bond donors (Lipinski definition) is 1. The summed E-state index contributed by atoms with van der Waals surface area (Å²) >= 11 is 0. The molecule has 9 nitrogen and oxygen atoms in total. The summed E-state index contributed by atoms with van der Waals surface area (Å²) in [6, 6.07) is 3.68. The van der Waals surface area contributed by atoms with E-state index >= 15 is 0 Å². The number of carbonyl (C=O) groups excluding carboxylic acids is 1. The maximum atomic E-state index is 12.5. The monoisotopic (exact) mass is 385 g/mol. The van der Waals surface area contributed by atoms with Crippen LogP contribution < -0.4 is 0 Å². The van der Waals surface area contributed by atoms with E-state index in [2.05, 4.69) is 4.98 Å². The van der Waals surface area contributed by atoms with Gasteiger partial charge >= 0.3 is 5.97 Å². The first kappa shape index (κ1) is 20.3. The second-order valence-corrected chi connectivity index (χ2v) is 8.25. The summed E-state index contributed by atoms with van der Waals surface area (Å²) in [6.45, 7) is 2.01. The fourth-order valence-electron chi connectivity index (χ4n) is 2.64. The molecule has 1 N–H and O–H groups in total. The summed E-state index contributed by atoms with van der Waals surface area (Å²) in [5.74, 6) is -1.35. The van der Waals surface area contributed by atoms with Crippen molar-refractivity contribution in [3.63, 3.8) is 0 Å². The zero-order valence-corrected chi connectivity index (χ0v) is 15.6. The molecule has 0 saturated carbocycles. The normalized spacial score (nSPS) is 18.1. The Morgan fingerprint density at radius 2 is 2.15 bits per heavy atom. The summed E-state index contributed by atoms with van der Waals surface area (Å²) < 4.78 is 29.9. The van der Waals surface area contributed by atoms with Gasteiger partial charge in [-0.2, -0.15) is 4.31 Å². The van der Waals surface area contributed by atoms with Crippen molar-refractivity contribution < 1.29 is 27.9 Å². The number of ether oxygens (including phenoxy) is 1. The van der Waals surface area contributed by atoms with E-state index in [4.69, 9.17) is 9.84 Å². The molecule has 0 spiro atoms. The van der Waals surface area contributed by atoms with Gasteiger partial charge in [0.05, 0.1) is 25.4 Å². The number of carboxylic acid groups (broad SMARTS) is 1. The highest BCUT2D eigenvalue weighted by Crippen LogP contribution is 2.12. The van der Waals surface area contributed by atoms with Crippen LogP contribution in [0.4, 0.5) is 0 Å². The number of rotatable bonds is 7. The molecule has 0 radical (unpaired) electrons. The minimum Gasteiger partial charge on any atom is -0.480 e. The number of aromatic nitrogens is 1. The largest absolute Gasteiger partial charge is 0.480 e. The first-order valence-electron chi connectivity index (χ1n) is 8.13. The van der Waals surface area contributed by atoms with E-state index in [1.165, 1.54) is 0 Å². The fourth-order valence-corrected chi connectivity index (χ4v) is 3.42. The number of morpholine rings is 1. The number of sulfonamides is 1. The number of pyridine rings is 1. The Morgan fingerprint density at radius 3 is 2.73 bits per heavy atom. The van der Waals surface area contributed by atoms with Crippen molar-refractivity contribution >= 4 is 21.9 Å². The molecule has 1 aliphatic rings. The zero-order valence-electron chi connectivity index (χ0n) is 14.8. The molecule has 1 aliphatic heterocycles. The molecule has 1 atom stereocenters. The smallest absolute Gasteiger partial charge is 0.318 e. The molecule has 2 rings (SSSR count). The van der Waals surface area contributed by atoms with Crippen LogP contribution in [0.15, 0.2) is 18.3 Å². The van der Waals surface area contributed by atoms with E-state index < -0.39 is 28.6 Å². The van der Waals surface area contributed by atoms with E-state index in [0.717, 1.165) is 21.8 Å². The molecule has 144 valence electrons. The first-order valence-corrected chi connectivity index (χ1v) is 9.98. The third kappa shape index (κ3) is 6.04. The fraction of sp³-hybridized carbons (Fsp3) is 0.562. The molecule has 2 heterocycles. The summed E-state index contributed by atoms with van der Waals surface area (Å²) in [6.07, 6.45) is 2.23.